The molecule has 6 heteroatoms. The number of hydrogen-bond acceptors (Lipinski definition) is 5. The number of likely N-dealkylation sites (N-methyl/N-ethyl adjacent to an activating group) is 1. The van der Waals surface area contributed by atoms with Crippen LogP contribution in [0.25, 0.3) is 0 Å². The van der Waals surface area contributed by atoms with Crippen LogP contribution in [-0.2, 0) is 4.79 Å². The Bertz CT molecular complexity index is 774. The van der Waals surface area contributed by atoms with Gasteiger partial charge in [0.05, 0.1) is 25.0 Å². The normalized spacial score (nSPS) is 17.7. The van der Waals surface area contributed by atoms with E-state index in [4.69, 9.17) is 9.15 Å². The molecule has 1 aromatic heterocycles. The smallest absolute Gasteiger partial charge is 0.289 e. The molecule has 0 fully saturated rings. The number of carbonyl (C=O) groups excluding carboxylic acids is 2. The fourth-order valence-corrected chi connectivity index (χ4v) is 2.67. The minimum atomic E-state index is -0.675. The van der Waals surface area contributed by atoms with Gasteiger partial charge in [0.1, 0.15) is 5.75 Å². The number of amides is 1. The second kappa shape index (κ2) is 5.64. The van der Waals surface area contributed by atoms with Crippen molar-refractivity contribution in [1.82, 2.24) is 4.90 Å². The molecule has 1 N–H and O–H groups in total. The fraction of sp³-hybridized carbons (Fsp3) is 0.176. The zero-order valence-electron chi connectivity index (χ0n) is 12.6. The summed E-state index contributed by atoms with van der Waals surface area (Å²) in [5.41, 5.74) is 0.707. The van der Waals surface area contributed by atoms with Crippen molar-refractivity contribution in [3.63, 3.8) is 0 Å². The van der Waals surface area contributed by atoms with Crippen LogP contribution in [0.5, 0.6) is 5.75 Å². The molecule has 0 saturated heterocycles. The Kier molecular flexibility index (Phi) is 3.65. The Hall–Kier alpha value is -3.02. The van der Waals surface area contributed by atoms with E-state index >= 15 is 0 Å². The number of ketones is 1. The van der Waals surface area contributed by atoms with Gasteiger partial charge in [-0.3, -0.25) is 9.59 Å². The van der Waals surface area contributed by atoms with Crippen LogP contribution in [0.3, 0.4) is 0 Å². The number of ether oxygens (including phenoxy) is 1. The van der Waals surface area contributed by atoms with Gasteiger partial charge in [-0.25, -0.2) is 0 Å². The first-order valence-electron chi connectivity index (χ1n) is 6.97. The Morgan fingerprint density at radius 2 is 1.96 bits per heavy atom. The van der Waals surface area contributed by atoms with Crippen LogP contribution in [0.15, 0.2) is 58.4 Å². The molecule has 3 rings (SSSR count). The molecular weight excluding hydrogens is 298 g/mol. The van der Waals surface area contributed by atoms with Gasteiger partial charge in [-0.1, -0.05) is 12.1 Å². The summed E-state index contributed by atoms with van der Waals surface area (Å²) in [6.45, 7) is 0. The number of benzene rings is 1. The molecule has 2 aromatic rings. The zero-order chi connectivity index (χ0) is 16.6. The van der Waals surface area contributed by atoms with Crippen LogP contribution in [0.4, 0.5) is 0 Å². The maximum atomic E-state index is 12.6. The number of carbonyl (C=O) groups is 2. The number of aliphatic hydroxyl groups excluding tert-OH is 1. The molecule has 0 spiro atoms. The predicted molar refractivity (Wildman–Crippen MR) is 81.2 cm³/mol. The number of rotatable bonds is 4. The summed E-state index contributed by atoms with van der Waals surface area (Å²) < 4.78 is 10.2. The van der Waals surface area contributed by atoms with Crippen molar-refractivity contribution < 1.29 is 23.8 Å². The molecule has 6 nitrogen and oxygen atoms in total. The molecule has 1 atom stereocenters. The summed E-state index contributed by atoms with van der Waals surface area (Å²) in [6.07, 6.45) is 1.37. The van der Waals surface area contributed by atoms with Crippen LogP contribution in [0.2, 0.25) is 0 Å². The number of aliphatic hydroxyl groups is 1. The predicted octanol–water partition coefficient (Wildman–Crippen LogP) is 2.50. The largest absolute Gasteiger partial charge is 0.503 e. The maximum Gasteiger partial charge on any atom is 0.289 e. The Morgan fingerprint density at radius 3 is 2.52 bits per heavy atom. The summed E-state index contributed by atoms with van der Waals surface area (Å²) in [4.78, 5) is 26.0. The lowest BCUT2D eigenvalue weighted by Crippen LogP contribution is -2.26. The minimum Gasteiger partial charge on any atom is -0.503 e. The lowest BCUT2D eigenvalue weighted by molar-refractivity contribution is -0.128. The van der Waals surface area contributed by atoms with Crippen molar-refractivity contribution in [2.45, 2.75) is 6.04 Å². The fourth-order valence-electron chi connectivity index (χ4n) is 2.67. The molecule has 0 aliphatic carbocycles. The number of Topliss-reactive ketones (excluding diaryl/α,β-unsaturated/α-hetero) is 1. The third-order valence-corrected chi connectivity index (χ3v) is 3.86. The highest BCUT2D eigenvalue weighted by Crippen LogP contribution is 2.38. The highest BCUT2D eigenvalue weighted by Gasteiger charge is 2.42. The van der Waals surface area contributed by atoms with Gasteiger partial charge in [-0.05, 0) is 29.8 Å². The lowest BCUT2D eigenvalue weighted by atomic mass is 9.95. The minimum absolute atomic E-state index is 0.0117. The van der Waals surface area contributed by atoms with Crippen LogP contribution in [0.1, 0.15) is 22.2 Å². The monoisotopic (exact) mass is 313 g/mol. The topological polar surface area (TPSA) is 80.0 Å². The molecule has 118 valence electrons. The summed E-state index contributed by atoms with van der Waals surface area (Å²) in [5.74, 6) is -0.914. The van der Waals surface area contributed by atoms with Gasteiger partial charge in [0.2, 0.25) is 5.78 Å². The van der Waals surface area contributed by atoms with Gasteiger partial charge < -0.3 is 19.2 Å². The van der Waals surface area contributed by atoms with Gasteiger partial charge in [-0.15, -0.1) is 0 Å². The van der Waals surface area contributed by atoms with E-state index in [0.29, 0.717) is 11.3 Å². The van der Waals surface area contributed by atoms with Gasteiger partial charge in [0, 0.05) is 7.05 Å². The van der Waals surface area contributed by atoms with Gasteiger partial charge >= 0.3 is 0 Å². The van der Waals surface area contributed by atoms with Crippen molar-refractivity contribution in [1.29, 1.82) is 0 Å². The molecule has 1 aliphatic heterocycles. The summed E-state index contributed by atoms with van der Waals surface area (Å²) in [5, 5.41) is 10.1. The Labute approximate surface area is 132 Å². The van der Waals surface area contributed by atoms with E-state index in [1.54, 1.807) is 37.4 Å². The second-order valence-corrected chi connectivity index (χ2v) is 5.16. The number of nitrogens with zero attached hydrogens (tertiary/aromatic N) is 1. The van der Waals surface area contributed by atoms with E-state index in [1.807, 2.05) is 0 Å². The zero-order valence-corrected chi connectivity index (χ0v) is 12.6. The molecule has 1 unspecified atom stereocenters. The quantitative estimate of drug-likeness (QED) is 0.877. The third kappa shape index (κ3) is 2.38. The molecule has 1 aromatic carbocycles. The third-order valence-electron chi connectivity index (χ3n) is 3.86. The summed E-state index contributed by atoms with van der Waals surface area (Å²) >= 11 is 0. The molecule has 0 radical (unpaired) electrons. The number of furan rings is 1. The molecule has 0 bridgehead atoms. The van der Waals surface area contributed by atoms with Gasteiger partial charge in [0.15, 0.2) is 11.5 Å². The molecule has 1 aliphatic rings. The average molecular weight is 313 g/mol. The first-order chi connectivity index (χ1) is 11.0. The molecule has 2 heterocycles. The van der Waals surface area contributed by atoms with E-state index in [-0.39, 0.29) is 11.3 Å². The van der Waals surface area contributed by atoms with E-state index in [1.165, 1.54) is 24.3 Å². The van der Waals surface area contributed by atoms with Crippen molar-refractivity contribution in [3.05, 3.63) is 65.3 Å². The molecule has 1 amide bonds. The van der Waals surface area contributed by atoms with Crippen molar-refractivity contribution >= 4 is 11.7 Å². The van der Waals surface area contributed by atoms with Crippen molar-refractivity contribution in [3.8, 4) is 5.75 Å². The molecular formula is C17H15NO5. The second-order valence-electron chi connectivity index (χ2n) is 5.16. The SMILES string of the molecule is COc1ccc(C2C(C(=O)c3ccco3)=C(O)C(=O)N2C)cc1. The number of methoxy groups -OCH3 is 1. The van der Waals surface area contributed by atoms with E-state index in [2.05, 4.69) is 0 Å². The summed E-state index contributed by atoms with van der Waals surface area (Å²) in [7, 11) is 3.09. The van der Waals surface area contributed by atoms with Crippen LogP contribution in [-0.4, -0.2) is 35.9 Å². The van der Waals surface area contributed by atoms with E-state index < -0.39 is 23.5 Å². The van der Waals surface area contributed by atoms with Crippen molar-refractivity contribution in [2.75, 3.05) is 14.2 Å². The van der Waals surface area contributed by atoms with E-state index in [0.717, 1.165) is 0 Å². The maximum absolute atomic E-state index is 12.6. The number of hydrogen-bond donors (Lipinski definition) is 1. The lowest BCUT2D eigenvalue weighted by Gasteiger charge is -2.22. The Morgan fingerprint density at radius 1 is 1.26 bits per heavy atom. The average Bonchev–Trinajstić information content (AvgIpc) is 3.18. The van der Waals surface area contributed by atoms with Gasteiger partial charge in [0.25, 0.3) is 5.91 Å². The standard InChI is InChI=1S/C17H15NO5/c1-18-14(10-5-7-11(22-2)8-6-10)13(16(20)17(18)21)15(19)12-4-3-9-23-12/h3-9,14,20H,1-2H3. The highest BCUT2D eigenvalue weighted by atomic mass is 16.5. The summed E-state index contributed by atoms with van der Waals surface area (Å²) in [6, 6.07) is 9.37. The Balaban J connectivity index is 2.06. The van der Waals surface area contributed by atoms with Crippen LogP contribution >= 0.6 is 0 Å². The van der Waals surface area contributed by atoms with E-state index in [9.17, 15) is 14.7 Å². The molecule has 23 heavy (non-hydrogen) atoms. The van der Waals surface area contributed by atoms with Crippen LogP contribution < -0.4 is 4.74 Å². The first kappa shape index (κ1) is 14.9. The molecule has 0 saturated carbocycles. The highest BCUT2D eigenvalue weighted by molar-refractivity contribution is 6.14. The van der Waals surface area contributed by atoms with Gasteiger partial charge in [-0.2, -0.15) is 0 Å². The van der Waals surface area contributed by atoms with Crippen molar-refractivity contribution in [2.24, 2.45) is 0 Å². The van der Waals surface area contributed by atoms with Crippen LogP contribution in [0, 0.1) is 0 Å². The first-order valence-corrected chi connectivity index (χ1v) is 6.97.